The second-order valence-electron chi connectivity index (χ2n) is 9.29. The predicted molar refractivity (Wildman–Crippen MR) is 144 cm³/mol. The maximum atomic E-state index is 15.7. The van der Waals surface area contributed by atoms with Crippen molar-refractivity contribution in [1.82, 2.24) is 15.0 Å². The number of nitrogens with two attached hydrogens (primary N) is 1. The van der Waals surface area contributed by atoms with Crippen LogP contribution in [0, 0.1) is 5.82 Å². The number of aromatic nitrogens is 3. The van der Waals surface area contributed by atoms with E-state index in [2.05, 4.69) is 20.6 Å². The monoisotopic (exact) mass is 540 g/mol. The van der Waals surface area contributed by atoms with Crippen LogP contribution in [0.4, 0.5) is 26.5 Å². The standard InChI is InChI=1S/C25H25FN6O3S2/c1-25(2,3)22-32-20(18-12-13-28-23(27)30-18)21(36-22)16-6-5-7-17(19(16)26)31-24(33)29-14-8-10-15(11-9-14)37(4,34)35/h5-13H,1-4H3,(H2,27,28,30)(H2,29,31,33). The molecule has 0 spiro atoms. The maximum Gasteiger partial charge on any atom is 0.323 e. The summed E-state index contributed by atoms with van der Waals surface area (Å²) in [6.45, 7) is 6.03. The number of anilines is 3. The van der Waals surface area contributed by atoms with Crippen molar-refractivity contribution in [3.63, 3.8) is 0 Å². The summed E-state index contributed by atoms with van der Waals surface area (Å²) in [4.78, 5) is 26.2. The number of amides is 2. The molecule has 0 unspecified atom stereocenters. The molecular weight excluding hydrogens is 515 g/mol. The molecule has 2 aromatic heterocycles. The lowest BCUT2D eigenvalue weighted by Gasteiger charge is -2.13. The van der Waals surface area contributed by atoms with Crippen molar-refractivity contribution in [3.8, 4) is 21.8 Å². The summed E-state index contributed by atoms with van der Waals surface area (Å²) < 4.78 is 39.0. The van der Waals surface area contributed by atoms with Gasteiger partial charge in [0.1, 0.15) is 5.69 Å². The summed E-state index contributed by atoms with van der Waals surface area (Å²) >= 11 is 1.34. The van der Waals surface area contributed by atoms with Crippen LogP contribution in [0.1, 0.15) is 25.8 Å². The summed E-state index contributed by atoms with van der Waals surface area (Å²) in [5, 5.41) is 5.87. The molecule has 4 rings (SSSR count). The summed E-state index contributed by atoms with van der Waals surface area (Å²) in [6, 6.07) is 11.3. The number of halogens is 1. The summed E-state index contributed by atoms with van der Waals surface area (Å²) in [7, 11) is -3.36. The number of carbonyl (C=O) groups excluding carboxylic acids is 1. The fraction of sp³-hybridized carbons (Fsp3) is 0.200. The molecule has 0 atom stereocenters. The maximum absolute atomic E-state index is 15.7. The van der Waals surface area contributed by atoms with Crippen LogP contribution in [0.25, 0.3) is 21.8 Å². The molecule has 192 valence electrons. The SMILES string of the molecule is CC(C)(C)c1nc(-c2ccnc(N)n2)c(-c2cccc(NC(=O)Nc3ccc(S(C)(=O)=O)cc3)c2F)s1. The molecule has 12 heteroatoms. The number of nitrogen functional groups attached to an aromatic ring is 1. The second-order valence-corrected chi connectivity index (χ2v) is 12.3. The molecule has 37 heavy (non-hydrogen) atoms. The predicted octanol–water partition coefficient (Wildman–Crippen LogP) is 5.33. The Hall–Kier alpha value is -3.90. The Morgan fingerprint density at radius 3 is 2.35 bits per heavy atom. The highest BCUT2D eigenvalue weighted by Gasteiger charge is 2.26. The average molecular weight is 541 g/mol. The minimum Gasteiger partial charge on any atom is -0.368 e. The third kappa shape index (κ3) is 5.92. The van der Waals surface area contributed by atoms with Crippen molar-refractivity contribution < 1.29 is 17.6 Å². The summed E-state index contributed by atoms with van der Waals surface area (Å²) in [5.41, 5.74) is 6.96. The van der Waals surface area contributed by atoms with Crippen LogP contribution in [0.3, 0.4) is 0 Å². The number of rotatable bonds is 5. The minimum absolute atomic E-state index is 0.0402. The van der Waals surface area contributed by atoms with Crippen LogP contribution in [-0.4, -0.2) is 35.7 Å². The normalized spacial score (nSPS) is 11.8. The molecule has 2 amide bonds. The van der Waals surface area contributed by atoms with Gasteiger partial charge in [0.2, 0.25) is 5.95 Å². The second kappa shape index (κ2) is 9.87. The Labute approximate surface area is 217 Å². The number of urea groups is 1. The fourth-order valence-electron chi connectivity index (χ4n) is 3.38. The van der Waals surface area contributed by atoms with Crippen LogP contribution >= 0.6 is 11.3 Å². The zero-order chi connectivity index (χ0) is 27.0. The number of benzene rings is 2. The number of hydrogen-bond donors (Lipinski definition) is 3. The average Bonchev–Trinajstić information content (AvgIpc) is 3.26. The highest BCUT2D eigenvalue weighted by molar-refractivity contribution is 7.90. The van der Waals surface area contributed by atoms with Gasteiger partial charge < -0.3 is 16.4 Å². The van der Waals surface area contributed by atoms with Crippen LogP contribution in [0.2, 0.25) is 0 Å². The molecule has 2 heterocycles. The number of hydrogen-bond acceptors (Lipinski definition) is 8. The third-order valence-electron chi connectivity index (χ3n) is 5.22. The van der Waals surface area contributed by atoms with Gasteiger partial charge >= 0.3 is 6.03 Å². The first kappa shape index (κ1) is 26.2. The summed E-state index contributed by atoms with van der Waals surface area (Å²) in [5.74, 6) is -0.566. The Kier molecular flexibility index (Phi) is 6.98. The van der Waals surface area contributed by atoms with Gasteiger partial charge in [0.05, 0.1) is 26.2 Å². The number of thiazole rings is 1. The zero-order valence-electron chi connectivity index (χ0n) is 20.5. The van der Waals surface area contributed by atoms with Gasteiger partial charge in [0.25, 0.3) is 0 Å². The Bertz CT molecular complexity index is 1580. The lowest BCUT2D eigenvalue weighted by Crippen LogP contribution is -2.20. The summed E-state index contributed by atoms with van der Waals surface area (Å²) in [6.07, 6.45) is 2.61. The van der Waals surface area contributed by atoms with Crippen LogP contribution in [0.15, 0.2) is 59.6 Å². The van der Waals surface area contributed by atoms with Crippen LogP contribution in [-0.2, 0) is 15.3 Å². The first-order chi connectivity index (χ1) is 17.3. The Balaban J connectivity index is 1.66. The molecule has 2 aromatic carbocycles. The van der Waals surface area contributed by atoms with Crippen LogP contribution in [0.5, 0.6) is 0 Å². The molecule has 0 radical (unpaired) electrons. The molecular formula is C25H25FN6O3S2. The molecule has 0 aliphatic heterocycles. The van der Waals surface area contributed by atoms with Gasteiger partial charge in [-0.15, -0.1) is 11.3 Å². The highest BCUT2D eigenvalue weighted by atomic mass is 32.2. The van der Waals surface area contributed by atoms with E-state index in [1.165, 1.54) is 47.9 Å². The van der Waals surface area contributed by atoms with E-state index in [1.54, 1.807) is 18.2 Å². The number of nitrogens with one attached hydrogen (secondary N) is 2. The van der Waals surface area contributed by atoms with E-state index in [1.807, 2.05) is 20.8 Å². The molecule has 0 aliphatic rings. The Morgan fingerprint density at radius 2 is 1.73 bits per heavy atom. The third-order valence-corrected chi connectivity index (χ3v) is 7.86. The quantitative estimate of drug-likeness (QED) is 0.311. The van der Waals surface area contributed by atoms with Crippen molar-refractivity contribution >= 4 is 44.5 Å². The molecule has 0 saturated carbocycles. The fourth-order valence-corrected chi connectivity index (χ4v) is 5.16. The molecule has 4 N–H and O–H groups in total. The Morgan fingerprint density at radius 1 is 1.03 bits per heavy atom. The smallest absolute Gasteiger partial charge is 0.323 e. The highest BCUT2D eigenvalue weighted by Crippen LogP contribution is 2.42. The van der Waals surface area contributed by atoms with Gasteiger partial charge in [-0.25, -0.2) is 32.6 Å². The van der Waals surface area contributed by atoms with E-state index in [0.717, 1.165) is 11.3 Å². The van der Waals surface area contributed by atoms with E-state index in [-0.39, 0.29) is 27.5 Å². The van der Waals surface area contributed by atoms with Crippen molar-refractivity contribution in [2.24, 2.45) is 0 Å². The molecule has 0 bridgehead atoms. The zero-order valence-corrected chi connectivity index (χ0v) is 22.2. The van der Waals surface area contributed by atoms with Gasteiger partial charge in [-0.05, 0) is 36.4 Å². The first-order valence-corrected chi connectivity index (χ1v) is 13.8. The number of carbonyl (C=O) groups is 1. The van der Waals surface area contributed by atoms with E-state index in [0.29, 0.717) is 22.0 Å². The van der Waals surface area contributed by atoms with Crippen molar-refractivity contribution in [3.05, 3.63) is 65.6 Å². The number of sulfone groups is 1. The van der Waals surface area contributed by atoms with Gasteiger partial charge in [-0.2, -0.15) is 0 Å². The van der Waals surface area contributed by atoms with E-state index >= 15 is 4.39 Å². The van der Waals surface area contributed by atoms with Crippen molar-refractivity contribution in [2.75, 3.05) is 22.6 Å². The largest absolute Gasteiger partial charge is 0.368 e. The van der Waals surface area contributed by atoms with Crippen LogP contribution < -0.4 is 16.4 Å². The van der Waals surface area contributed by atoms with E-state index in [4.69, 9.17) is 10.7 Å². The topological polar surface area (TPSA) is 140 Å². The molecule has 0 aliphatic carbocycles. The van der Waals surface area contributed by atoms with E-state index < -0.39 is 21.7 Å². The van der Waals surface area contributed by atoms with Crippen molar-refractivity contribution in [1.29, 1.82) is 0 Å². The lowest BCUT2D eigenvalue weighted by molar-refractivity contribution is 0.262. The molecule has 0 saturated heterocycles. The van der Waals surface area contributed by atoms with Gasteiger partial charge in [-0.1, -0.05) is 32.9 Å². The van der Waals surface area contributed by atoms with Gasteiger partial charge in [-0.3, -0.25) is 0 Å². The lowest BCUT2D eigenvalue weighted by atomic mass is 9.98. The van der Waals surface area contributed by atoms with Gasteiger partial charge in [0, 0.05) is 29.1 Å². The molecule has 0 fully saturated rings. The van der Waals surface area contributed by atoms with Crippen molar-refractivity contribution in [2.45, 2.75) is 31.1 Å². The van der Waals surface area contributed by atoms with E-state index in [9.17, 15) is 13.2 Å². The molecule has 9 nitrogen and oxygen atoms in total. The van der Waals surface area contributed by atoms with Gasteiger partial charge in [0.15, 0.2) is 15.7 Å². The first-order valence-electron chi connectivity index (χ1n) is 11.1. The molecule has 4 aromatic rings. The minimum atomic E-state index is -3.36. The number of nitrogens with zero attached hydrogens (tertiary/aromatic N) is 3.